The Morgan fingerprint density at radius 1 is 1.23 bits per heavy atom. The maximum absolute atomic E-state index is 12.4. The average molecular weight is 614 g/mol. The Morgan fingerprint density at radius 3 is 2.72 bits per heavy atom. The molecule has 1 aromatic heterocycles. The van der Waals surface area contributed by atoms with Gasteiger partial charge in [-0.3, -0.25) is 15.5 Å². The van der Waals surface area contributed by atoms with Crippen LogP contribution in [0.4, 0.5) is 10.5 Å². The molecule has 3 aromatic rings. The molecular formula is C28H28ClN5O9. The van der Waals surface area contributed by atoms with Crippen molar-refractivity contribution in [1.82, 2.24) is 16.1 Å². The molecule has 4 N–H and O–H groups in total. The molecule has 0 fully saturated rings. The van der Waals surface area contributed by atoms with E-state index in [0.717, 1.165) is 0 Å². The van der Waals surface area contributed by atoms with Gasteiger partial charge in [-0.25, -0.2) is 9.59 Å². The number of amides is 2. The van der Waals surface area contributed by atoms with E-state index in [4.69, 9.17) is 30.2 Å². The molecule has 14 nitrogen and oxygen atoms in total. The third-order valence-corrected chi connectivity index (χ3v) is 6.46. The number of aliphatic hydroxyl groups is 1. The van der Waals surface area contributed by atoms with Crippen LogP contribution in [0.2, 0.25) is 5.02 Å². The van der Waals surface area contributed by atoms with Gasteiger partial charge in [-0.05, 0) is 49.7 Å². The summed E-state index contributed by atoms with van der Waals surface area (Å²) >= 11 is 6.16. The van der Waals surface area contributed by atoms with E-state index in [-0.39, 0.29) is 22.9 Å². The number of carbonyl (C=O) groups is 2. The van der Waals surface area contributed by atoms with Gasteiger partial charge < -0.3 is 34.4 Å². The van der Waals surface area contributed by atoms with Crippen LogP contribution in [0.5, 0.6) is 11.5 Å². The number of hydrogen-bond donors (Lipinski definition) is 4. The summed E-state index contributed by atoms with van der Waals surface area (Å²) in [6.45, 7) is 3.48. The number of benzene rings is 2. The SMILES string of the molecule is CCOc1cc([C@H]2NC(=O)NC(C)=C2C(=O)OC)ccc1OC[C@@H](O)N/N=C\c1ccc(-c2ccc([N+](=O)[O-])cc2Cl)o1. The van der Waals surface area contributed by atoms with E-state index in [2.05, 4.69) is 21.2 Å². The Hall–Kier alpha value is -5.08. The maximum atomic E-state index is 12.4. The molecule has 0 radical (unpaired) electrons. The van der Waals surface area contributed by atoms with Crippen molar-refractivity contribution in [3.8, 4) is 22.8 Å². The van der Waals surface area contributed by atoms with Crippen molar-refractivity contribution in [2.45, 2.75) is 26.1 Å². The molecule has 2 amide bonds. The van der Waals surface area contributed by atoms with Gasteiger partial charge in [0.15, 0.2) is 17.7 Å². The highest BCUT2D eigenvalue weighted by atomic mass is 35.5. The number of hydrazone groups is 1. The molecule has 43 heavy (non-hydrogen) atoms. The number of non-ortho nitro benzene ring substituents is 1. The van der Waals surface area contributed by atoms with E-state index < -0.39 is 29.2 Å². The zero-order valence-corrected chi connectivity index (χ0v) is 24.0. The third kappa shape index (κ3) is 7.42. The summed E-state index contributed by atoms with van der Waals surface area (Å²) < 4.78 is 22.0. The minimum Gasteiger partial charge on any atom is -0.490 e. The van der Waals surface area contributed by atoms with E-state index >= 15 is 0 Å². The van der Waals surface area contributed by atoms with Gasteiger partial charge >= 0.3 is 12.0 Å². The van der Waals surface area contributed by atoms with Crippen LogP contribution in [0.15, 0.2) is 69.3 Å². The largest absolute Gasteiger partial charge is 0.490 e. The van der Waals surface area contributed by atoms with Gasteiger partial charge in [-0.2, -0.15) is 5.10 Å². The Labute approximate surface area is 250 Å². The number of carbonyl (C=O) groups excluding carboxylic acids is 2. The number of nitrogens with zero attached hydrogens (tertiary/aromatic N) is 2. The van der Waals surface area contributed by atoms with Gasteiger partial charge in [0.2, 0.25) is 0 Å². The van der Waals surface area contributed by atoms with Crippen LogP contribution in [-0.4, -0.2) is 54.8 Å². The Bertz CT molecular complexity index is 1590. The molecule has 4 rings (SSSR count). The predicted octanol–water partition coefficient (Wildman–Crippen LogP) is 4.03. The first-order valence-electron chi connectivity index (χ1n) is 12.9. The molecule has 15 heteroatoms. The Balaban J connectivity index is 1.39. The molecule has 226 valence electrons. The van der Waals surface area contributed by atoms with Crippen LogP contribution in [-0.2, 0) is 9.53 Å². The highest BCUT2D eigenvalue weighted by Gasteiger charge is 2.32. The summed E-state index contributed by atoms with van der Waals surface area (Å²) in [4.78, 5) is 34.9. The Morgan fingerprint density at radius 2 is 2.02 bits per heavy atom. The first kappa shape index (κ1) is 30.9. The molecule has 1 aliphatic rings. The highest BCUT2D eigenvalue weighted by molar-refractivity contribution is 6.33. The summed E-state index contributed by atoms with van der Waals surface area (Å²) in [6.07, 6.45) is 0.109. The van der Waals surface area contributed by atoms with Crippen molar-refractivity contribution >= 4 is 35.5 Å². The number of esters is 1. The number of nitrogens with one attached hydrogen (secondary N) is 3. The van der Waals surface area contributed by atoms with Crippen molar-refractivity contribution in [2.24, 2.45) is 5.10 Å². The van der Waals surface area contributed by atoms with Crippen molar-refractivity contribution in [1.29, 1.82) is 0 Å². The molecule has 2 heterocycles. The van der Waals surface area contributed by atoms with Gasteiger partial charge in [0.25, 0.3) is 5.69 Å². The predicted molar refractivity (Wildman–Crippen MR) is 155 cm³/mol. The van der Waals surface area contributed by atoms with Gasteiger partial charge in [0.1, 0.15) is 18.1 Å². The van der Waals surface area contributed by atoms with Crippen LogP contribution in [0.3, 0.4) is 0 Å². The van der Waals surface area contributed by atoms with Crippen LogP contribution >= 0.6 is 11.6 Å². The van der Waals surface area contributed by atoms with E-state index in [1.54, 1.807) is 44.2 Å². The van der Waals surface area contributed by atoms with Crippen LogP contribution < -0.4 is 25.5 Å². The molecule has 0 bridgehead atoms. The molecule has 0 spiro atoms. The minimum absolute atomic E-state index is 0.137. The zero-order valence-electron chi connectivity index (χ0n) is 23.3. The van der Waals surface area contributed by atoms with Crippen molar-refractivity contribution in [3.63, 3.8) is 0 Å². The number of aliphatic hydroxyl groups excluding tert-OH is 1. The van der Waals surface area contributed by atoms with Crippen molar-refractivity contribution in [2.75, 3.05) is 20.3 Å². The van der Waals surface area contributed by atoms with E-state index in [9.17, 15) is 24.8 Å². The first-order chi connectivity index (χ1) is 20.6. The van der Waals surface area contributed by atoms with Gasteiger partial charge in [0.05, 0.1) is 41.5 Å². The van der Waals surface area contributed by atoms with E-state index in [1.165, 1.54) is 31.5 Å². The van der Waals surface area contributed by atoms with Crippen molar-refractivity contribution < 1.29 is 38.2 Å². The van der Waals surface area contributed by atoms with Gasteiger partial charge in [-0.1, -0.05) is 17.7 Å². The zero-order chi connectivity index (χ0) is 31.1. The second-order valence-corrected chi connectivity index (χ2v) is 9.45. The van der Waals surface area contributed by atoms with Gasteiger partial charge in [-0.15, -0.1) is 0 Å². The summed E-state index contributed by atoms with van der Waals surface area (Å²) in [7, 11) is 1.26. The molecule has 0 saturated heterocycles. The molecule has 1 aliphatic heterocycles. The molecule has 2 atom stereocenters. The second-order valence-electron chi connectivity index (χ2n) is 9.04. The Kier molecular flexibility index (Phi) is 9.85. The average Bonchev–Trinajstić information content (AvgIpc) is 3.44. The summed E-state index contributed by atoms with van der Waals surface area (Å²) in [6, 6.07) is 10.9. The number of hydrogen-bond acceptors (Lipinski definition) is 11. The smallest absolute Gasteiger partial charge is 0.337 e. The lowest BCUT2D eigenvalue weighted by molar-refractivity contribution is -0.384. The molecular weight excluding hydrogens is 586 g/mol. The number of furan rings is 1. The van der Waals surface area contributed by atoms with Crippen LogP contribution in [0, 0.1) is 10.1 Å². The molecule has 0 aliphatic carbocycles. The number of rotatable bonds is 12. The highest BCUT2D eigenvalue weighted by Crippen LogP contribution is 2.35. The number of allylic oxidation sites excluding steroid dienone is 1. The topological polar surface area (TPSA) is 187 Å². The van der Waals surface area contributed by atoms with E-state index in [1.807, 2.05) is 0 Å². The quantitative estimate of drug-likeness (QED) is 0.0763. The monoisotopic (exact) mass is 613 g/mol. The maximum Gasteiger partial charge on any atom is 0.337 e. The third-order valence-electron chi connectivity index (χ3n) is 6.14. The number of urea groups is 1. The summed E-state index contributed by atoms with van der Waals surface area (Å²) in [5, 5.41) is 30.6. The number of methoxy groups -OCH3 is 1. The first-order valence-corrected chi connectivity index (χ1v) is 13.3. The number of ether oxygens (including phenoxy) is 3. The summed E-state index contributed by atoms with van der Waals surface area (Å²) in [5.74, 6) is 0.763. The number of halogens is 1. The lowest BCUT2D eigenvalue weighted by Crippen LogP contribution is -2.45. The molecule has 0 unspecified atom stereocenters. The van der Waals surface area contributed by atoms with Crippen LogP contribution in [0.1, 0.15) is 31.2 Å². The fourth-order valence-corrected chi connectivity index (χ4v) is 4.46. The summed E-state index contributed by atoms with van der Waals surface area (Å²) in [5.41, 5.74) is 4.02. The normalized spacial score (nSPS) is 15.5. The fourth-order valence-electron chi connectivity index (χ4n) is 4.19. The minimum atomic E-state index is -1.22. The standard InChI is InChI=1S/C28H28ClN5O9/c1-4-41-23-11-16(26-25(27(36)40-3)15(2)31-28(37)32-26)5-9-22(23)42-14-24(35)33-30-13-18-7-10-21(43-18)19-8-6-17(34(38)39)12-20(19)29/h5-13,24,26,33,35H,4,14H2,1-3H3,(H2,31,32,37)/b30-13-/t24-,26-/m1/s1. The molecule has 2 aromatic carbocycles. The molecule has 0 saturated carbocycles. The van der Waals surface area contributed by atoms with Crippen molar-refractivity contribution in [3.05, 3.63) is 86.3 Å². The van der Waals surface area contributed by atoms with Crippen LogP contribution in [0.25, 0.3) is 11.3 Å². The number of nitro groups is 1. The van der Waals surface area contributed by atoms with Gasteiger partial charge in [0, 0.05) is 23.4 Å². The lowest BCUT2D eigenvalue weighted by Gasteiger charge is -2.28. The second kappa shape index (κ2) is 13.7. The van der Waals surface area contributed by atoms with E-state index in [0.29, 0.717) is 46.5 Å². The number of nitro benzene ring substituents is 1. The fraction of sp³-hybridized carbons (Fsp3) is 0.250. The lowest BCUT2D eigenvalue weighted by atomic mass is 9.95.